The Hall–Kier alpha value is -3.19. The summed E-state index contributed by atoms with van der Waals surface area (Å²) >= 11 is 0. The smallest absolute Gasteiger partial charge is 0.363 e. The van der Waals surface area contributed by atoms with E-state index in [4.69, 9.17) is 5.73 Å². The number of rotatable bonds is 13. The molecule has 1 unspecified atom stereocenters. The van der Waals surface area contributed by atoms with Crippen LogP contribution in [0.1, 0.15) is 98.8 Å². The number of ketones is 2. The molecule has 2 saturated carbocycles. The summed E-state index contributed by atoms with van der Waals surface area (Å²) < 4.78 is 38.9. The Morgan fingerprint density at radius 1 is 0.870 bits per heavy atom. The van der Waals surface area contributed by atoms with Gasteiger partial charge in [-0.1, -0.05) is 53.9 Å². The van der Waals surface area contributed by atoms with Gasteiger partial charge in [0.1, 0.15) is 12.1 Å². The number of nitrogens with two attached hydrogens (primary N) is 1. The van der Waals surface area contributed by atoms with Gasteiger partial charge in [0.25, 0.3) is 5.91 Å². The molecule has 3 rings (SSSR count). The van der Waals surface area contributed by atoms with Gasteiger partial charge in [-0.15, -0.1) is 0 Å². The Morgan fingerprint density at radius 2 is 1.48 bits per heavy atom. The van der Waals surface area contributed by atoms with Gasteiger partial charge in [-0.25, -0.2) is 4.79 Å². The number of nitrogens with zero attached hydrogens (tertiary/aromatic N) is 1. The maximum absolute atomic E-state index is 14.2. The number of carbonyl (C=O) groups excluding carboxylic acids is 6. The molecule has 14 heteroatoms. The second-order valence-electron chi connectivity index (χ2n) is 14.7. The molecule has 0 aromatic carbocycles. The first-order valence-electron chi connectivity index (χ1n) is 16.4. The number of alkyl halides is 3. The number of amides is 5. The van der Waals surface area contributed by atoms with E-state index in [1.807, 2.05) is 13.8 Å². The lowest BCUT2D eigenvalue weighted by molar-refractivity contribution is -0.146. The summed E-state index contributed by atoms with van der Waals surface area (Å²) in [6.07, 6.45) is -0.532. The summed E-state index contributed by atoms with van der Waals surface area (Å²) in [7, 11) is 0. The van der Waals surface area contributed by atoms with E-state index in [1.165, 1.54) is 4.90 Å². The zero-order chi connectivity index (χ0) is 34.6. The number of halogens is 3. The first-order chi connectivity index (χ1) is 21.3. The molecule has 2 aliphatic carbocycles. The average molecular weight is 658 g/mol. The number of Topliss-reactive ketones (excluding diaryl/α,β-unsaturated/α-hetero) is 2. The van der Waals surface area contributed by atoms with Crippen LogP contribution in [0.2, 0.25) is 0 Å². The van der Waals surface area contributed by atoms with Crippen molar-refractivity contribution in [3.63, 3.8) is 0 Å². The lowest BCUT2D eigenvalue weighted by Crippen LogP contribution is -2.61. The van der Waals surface area contributed by atoms with Crippen molar-refractivity contribution in [1.82, 2.24) is 20.9 Å². The van der Waals surface area contributed by atoms with Gasteiger partial charge >= 0.3 is 12.2 Å². The maximum Gasteiger partial charge on any atom is 0.389 e. The van der Waals surface area contributed by atoms with Gasteiger partial charge in [0.2, 0.25) is 17.6 Å². The van der Waals surface area contributed by atoms with Crippen molar-refractivity contribution in [1.29, 1.82) is 0 Å². The summed E-state index contributed by atoms with van der Waals surface area (Å²) in [4.78, 5) is 79.5. The first kappa shape index (κ1) is 37.3. The van der Waals surface area contributed by atoms with Gasteiger partial charge in [-0.2, -0.15) is 13.2 Å². The van der Waals surface area contributed by atoms with Crippen LogP contribution in [0.25, 0.3) is 0 Å². The Bertz CT molecular complexity index is 1160. The normalized spacial score (nSPS) is 22.9. The zero-order valence-electron chi connectivity index (χ0n) is 27.5. The van der Waals surface area contributed by atoms with Crippen LogP contribution >= 0.6 is 0 Å². The highest BCUT2D eigenvalue weighted by Crippen LogP contribution is 2.36. The van der Waals surface area contributed by atoms with Gasteiger partial charge in [-0.05, 0) is 61.7 Å². The molecule has 3 aliphatic rings. The van der Waals surface area contributed by atoms with Crippen molar-refractivity contribution in [3.8, 4) is 0 Å². The van der Waals surface area contributed by atoms with Crippen LogP contribution in [0, 0.1) is 29.1 Å². The van der Waals surface area contributed by atoms with Crippen LogP contribution in [0.4, 0.5) is 18.0 Å². The number of carbonyl (C=O) groups is 6. The number of nitrogens with one attached hydrogen (secondary N) is 3. The van der Waals surface area contributed by atoms with Gasteiger partial charge in [0.05, 0.1) is 12.1 Å². The van der Waals surface area contributed by atoms with Crippen LogP contribution in [-0.4, -0.2) is 77.1 Å². The molecule has 1 aliphatic heterocycles. The fourth-order valence-electron chi connectivity index (χ4n) is 6.50. The SMILES string of the molecule is CC(C)[C@@H]1C[C@@H](C(=O)NC(CCC(F)(F)F)C(=O)C(N)=O)N(C(=O)[C@@H](NC(=O)N[C@H](C(=O)C2CC2)C2CCCCC2)C(C)(C)C)C1. The molecule has 1 saturated heterocycles. The monoisotopic (exact) mass is 657 g/mol. The Morgan fingerprint density at radius 3 is 1.98 bits per heavy atom. The second kappa shape index (κ2) is 15.1. The van der Waals surface area contributed by atoms with Crippen molar-refractivity contribution in [3.05, 3.63) is 0 Å². The van der Waals surface area contributed by atoms with E-state index in [1.54, 1.807) is 20.8 Å². The third kappa shape index (κ3) is 10.2. The number of urea groups is 1. The third-order valence-corrected chi connectivity index (χ3v) is 9.54. The third-order valence-electron chi connectivity index (χ3n) is 9.54. The molecule has 5 amide bonds. The van der Waals surface area contributed by atoms with Crippen LogP contribution in [0.5, 0.6) is 0 Å². The molecule has 5 N–H and O–H groups in total. The average Bonchev–Trinajstić information content (AvgIpc) is 3.72. The van der Waals surface area contributed by atoms with Crippen molar-refractivity contribution in [2.45, 2.75) is 129 Å². The number of hydrogen-bond donors (Lipinski definition) is 4. The van der Waals surface area contributed by atoms with Gasteiger partial charge in [-0.3, -0.25) is 24.0 Å². The highest BCUT2D eigenvalue weighted by atomic mass is 19.4. The van der Waals surface area contributed by atoms with Gasteiger partial charge in [0, 0.05) is 18.9 Å². The summed E-state index contributed by atoms with van der Waals surface area (Å²) in [5, 5.41) is 7.88. The molecule has 0 aromatic rings. The van der Waals surface area contributed by atoms with Gasteiger partial charge in [0.15, 0.2) is 5.78 Å². The Kier molecular flexibility index (Phi) is 12.3. The molecule has 3 fully saturated rings. The van der Waals surface area contributed by atoms with Crippen molar-refractivity contribution in [2.75, 3.05) is 6.54 Å². The lowest BCUT2D eigenvalue weighted by Gasteiger charge is -2.36. The molecule has 0 spiro atoms. The van der Waals surface area contributed by atoms with E-state index >= 15 is 0 Å². The highest BCUT2D eigenvalue weighted by molar-refractivity contribution is 6.37. The number of likely N-dealkylation sites (tertiary alicyclic amines) is 1. The maximum atomic E-state index is 14.2. The molecular formula is C32H50F3N5O6. The summed E-state index contributed by atoms with van der Waals surface area (Å²) in [6.45, 7) is 9.18. The number of primary amides is 1. The molecule has 1 heterocycles. The van der Waals surface area contributed by atoms with E-state index in [0.29, 0.717) is 0 Å². The molecule has 0 radical (unpaired) electrons. The van der Waals surface area contributed by atoms with Crippen LogP contribution < -0.4 is 21.7 Å². The van der Waals surface area contributed by atoms with E-state index in [9.17, 15) is 41.9 Å². The molecule has 46 heavy (non-hydrogen) atoms. The standard InChI is InChI=1S/C32H50F3N5O6/c1-17(2)20-15-22(28(44)37-21(25(42)27(36)43)13-14-32(33,34)35)40(16-20)29(45)26(31(3,4)5)39-30(46)38-23(24(41)19-11-12-19)18-9-7-6-8-10-18/h17-23,26H,6-16H2,1-5H3,(H2,36,43)(H,37,44)(H2,38,39,46)/t20-,21?,22+,23+,26-/m1/s1. The second-order valence-corrected chi connectivity index (χ2v) is 14.7. The minimum atomic E-state index is -4.65. The predicted molar refractivity (Wildman–Crippen MR) is 163 cm³/mol. The fraction of sp³-hybridized carbons (Fsp3) is 0.812. The zero-order valence-corrected chi connectivity index (χ0v) is 27.5. The van der Waals surface area contributed by atoms with Crippen LogP contribution in [0.15, 0.2) is 0 Å². The molecule has 11 nitrogen and oxygen atoms in total. The summed E-state index contributed by atoms with van der Waals surface area (Å²) in [5.74, 6) is -4.49. The molecule has 260 valence electrons. The van der Waals surface area contributed by atoms with Gasteiger partial charge < -0.3 is 26.6 Å². The quantitative estimate of drug-likeness (QED) is 0.222. The lowest BCUT2D eigenvalue weighted by atomic mass is 9.81. The first-order valence-corrected chi connectivity index (χ1v) is 16.4. The minimum Gasteiger partial charge on any atom is -0.363 e. The van der Waals surface area contributed by atoms with Crippen molar-refractivity contribution >= 4 is 35.3 Å². The van der Waals surface area contributed by atoms with E-state index in [-0.39, 0.29) is 42.4 Å². The van der Waals surface area contributed by atoms with Crippen molar-refractivity contribution in [2.24, 2.45) is 34.8 Å². The Balaban J connectivity index is 1.82. The Labute approximate surface area is 268 Å². The predicted octanol–water partition coefficient (Wildman–Crippen LogP) is 3.38. The van der Waals surface area contributed by atoms with Crippen LogP contribution in [0.3, 0.4) is 0 Å². The molecular weight excluding hydrogens is 607 g/mol. The topological polar surface area (TPSA) is 168 Å². The highest BCUT2D eigenvalue weighted by Gasteiger charge is 2.47. The van der Waals surface area contributed by atoms with E-state index in [2.05, 4.69) is 16.0 Å². The largest absolute Gasteiger partial charge is 0.389 e. The molecule has 5 atom stereocenters. The summed E-state index contributed by atoms with van der Waals surface area (Å²) in [5.41, 5.74) is 4.20. The molecule has 0 bridgehead atoms. The van der Waals surface area contributed by atoms with Crippen LogP contribution in [-0.2, 0) is 24.0 Å². The molecule has 0 aromatic heterocycles. The van der Waals surface area contributed by atoms with Crippen molar-refractivity contribution < 1.29 is 41.9 Å². The van der Waals surface area contributed by atoms with E-state index < -0.39 is 78.1 Å². The summed E-state index contributed by atoms with van der Waals surface area (Å²) in [6, 6.07) is -5.45. The minimum absolute atomic E-state index is 0.0160. The fourth-order valence-corrected chi connectivity index (χ4v) is 6.50. The number of hydrogen-bond acceptors (Lipinski definition) is 6. The van der Waals surface area contributed by atoms with E-state index in [0.717, 1.165) is 44.9 Å².